The zero-order valence-electron chi connectivity index (χ0n) is 23.8. The van der Waals surface area contributed by atoms with E-state index in [1.807, 2.05) is 0 Å². The van der Waals surface area contributed by atoms with Gasteiger partial charge in [0.1, 0.15) is 23.4 Å². The topological polar surface area (TPSA) is 126 Å². The number of nitrogens with one attached hydrogen (secondary N) is 3. The van der Waals surface area contributed by atoms with Crippen molar-refractivity contribution in [3.05, 3.63) is 136 Å². The summed E-state index contributed by atoms with van der Waals surface area (Å²) in [6.45, 7) is 1.87. The number of ether oxygens (including phenoxy) is 2. The number of amides is 1. The molecule has 9 nitrogen and oxygen atoms in total. The van der Waals surface area contributed by atoms with Gasteiger partial charge in [-0.15, -0.1) is 0 Å². The van der Waals surface area contributed by atoms with Gasteiger partial charge < -0.3 is 25.2 Å². The monoisotopic (exact) mass is 608 g/mol. The summed E-state index contributed by atoms with van der Waals surface area (Å²) < 4.78 is 41.3. The van der Waals surface area contributed by atoms with Gasteiger partial charge in [0, 0.05) is 53.3 Å². The first-order chi connectivity index (χ1) is 21.8. The number of halogens is 2. The average molecular weight is 609 g/mol. The van der Waals surface area contributed by atoms with Crippen molar-refractivity contribution in [1.82, 2.24) is 9.55 Å². The molecule has 0 unspecified atom stereocenters. The van der Waals surface area contributed by atoms with E-state index in [1.54, 1.807) is 43.5 Å². The third-order valence-corrected chi connectivity index (χ3v) is 6.66. The molecule has 5 rings (SSSR count). The number of aldehydes is 1. The first-order valence-electron chi connectivity index (χ1n) is 13.7. The predicted molar refractivity (Wildman–Crippen MR) is 167 cm³/mol. The molecule has 0 spiro atoms. The number of rotatable bonds is 11. The molecule has 0 radical (unpaired) electrons. The second-order valence-electron chi connectivity index (χ2n) is 9.55. The number of anilines is 1. The van der Waals surface area contributed by atoms with Gasteiger partial charge in [0.25, 0.3) is 11.5 Å². The van der Waals surface area contributed by atoms with Crippen LogP contribution in [0.3, 0.4) is 0 Å². The number of aromatic amines is 1. The third kappa shape index (κ3) is 6.62. The van der Waals surface area contributed by atoms with Gasteiger partial charge >= 0.3 is 0 Å². The van der Waals surface area contributed by atoms with E-state index in [-0.39, 0.29) is 35.1 Å². The number of pyridine rings is 1. The normalized spacial score (nSPS) is 11.1. The maximum absolute atomic E-state index is 15.3. The van der Waals surface area contributed by atoms with Crippen LogP contribution in [0.25, 0.3) is 22.6 Å². The largest absolute Gasteiger partial charge is 0.493 e. The van der Waals surface area contributed by atoms with E-state index in [9.17, 15) is 18.8 Å². The van der Waals surface area contributed by atoms with E-state index in [1.165, 1.54) is 59.3 Å². The van der Waals surface area contributed by atoms with Gasteiger partial charge in [0.05, 0.1) is 12.3 Å². The van der Waals surface area contributed by atoms with E-state index >= 15 is 4.39 Å². The summed E-state index contributed by atoms with van der Waals surface area (Å²) in [5.41, 5.74) is 1.62. The zero-order chi connectivity index (χ0) is 31.9. The molecule has 0 fully saturated rings. The van der Waals surface area contributed by atoms with Crippen molar-refractivity contribution in [3.8, 4) is 28.3 Å². The fourth-order valence-electron chi connectivity index (χ4n) is 4.62. The van der Waals surface area contributed by atoms with Crippen LogP contribution in [0.15, 0.2) is 102 Å². The highest BCUT2D eigenvalue weighted by Crippen LogP contribution is 2.32. The molecule has 5 aromatic rings. The quantitative estimate of drug-likeness (QED) is 0.0880. The minimum atomic E-state index is -0.842. The van der Waals surface area contributed by atoms with Gasteiger partial charge in [0.2, 0.25) is 0 Å². The van der Waals surface area contributed by atoms with Crippen molar-refractivity contribution in [2.75, 3.05) is 11.9 Å². The number of benzene rings is 3. The lowest BCUT2D eigenvalue weighted by molar-refractivity contribution is 0.102. The molecule has 0 saturated heterocycles. The fourth-order valence-corrected chi connectivity index (χ4v) is 4.62. The summed E-state index contributed by atoms with van der Waals surface area (Å²) in [4.78, 5) is 41.0. The van der Waals surface area contributed by atoms with Gasteiger partial charge in [-0.25, -0.2) is 8.78 Å². The van der Waals surface area contributed by atoms with Gasteiger partial charge in [0.15, 0.2) is 17.3 Å². The second kappa shape index (κ2) is 13.5. The maximum Gasteiger partial charge on any atom is 0.271 e. The van der Waals surface area contributed by atoms with Crippen molar-refractivity contribution in [1.29, 1.82) is 5.41 Å². The maximum atomic E-state index is 15.3. The molecular weight excluding hydrogens is 582 g/mol. The van der Waals surface area contributed by atoms with Crippen molar-refractivity contribution in [2.24, 2.45) is 0 Å². The summed E-state index contributed by atoms with van der Waals surface area (Å²) in [7, 11) is 0. The van der Waals surface area contributed by atoms with Crippen LogP contribution in [0.2, 0.25) is 0 Å². The summed E-state index contributed by atoms with van der Waals surface area (Å²) >= 11 is 0. The molecule has 0 bridgehead atoms. The molecule has 3 N–H and O–H groups in total. The summed E-state index contributed by atoms with van der Waals surface area (Å²) in [6.07, 6.45) is 6.12. The van der Waals surface area contributed by atoms with Crippen LogP contribution in [-0.2, 0) is 0 Å². The number of carbonyl (C=O) groups excluding carboxylic acids is 2. The van der Waals surface area contributed by atoms with Crippen molar-refractivity contribution in [2.45, 2.75) is 6.92 Å². The summed E-state index contributed by atoms with van der Waals surface area (Å²) in [5.74, 6) is -2.20. The fraction of sp³-hybridized carbons (Fsp3) is 0.0588. The number of nitrogens with zero attached hydrogens (tertiary/aromatic N) is 1. The van der Waals surface area contributed by atoms with E-state index in [0.717, 1.165) is 18.6 Å². The van der Waals surface area contributed by atoms with Crippen LogP contribution in [0.5, 0.6) is 11.5 Å². The Morgan fingerprint density at radius 3 is 2.53 bits per heavy atom. The number of aromatic nitrogens is 2. The molecule has 0 aliphatic rings. The zero-order valence-corrected chi connectivity index (χ0v) is 23.8. The third-order valence-electron chi connectivity index (χ3n) is 6.66. The molecule has 1 amide bonds. The minimum Gasteiger partial charge on any atom is -0.493 e. The molecule has 0 atom stereocenters. The van der Waals surface area contributed by atoms with E-state index in [4.69, 9.17) is 14.9 Å². The SMILES string of the molecule is CCOc1ccn(-c2ccc(F)cc2)c(=O)c1C(=O)Nc1ccc(O/C(=C/C=N)c2[nH]ccc2-c2cccc(C=O)c2)c(F)c1. The average Bonchev–Trinajstić information content (AvgIpc) is 3.53. The van der Waals surface area contributed by atoms with Crippen LogP contribution in [0, 0.1) is 17.0 Å². The Morgan fingerprint density at radius 2 is 1.82 bits per heavy atom. The van der Waals surface area contributed by atoms with E-state index < -0.39 is 23.1 Å². The molecule has 0 saturated carbocycles. The molecular formula is C34H26F2N4O5. The number of H-pyrrole nitrogens is 1. The lowest BCUT2D eigenvalue weighted by atomic mass is 10.0. The highest BCUT2D eigenvalue weighted by Gasteiger charge is 2.21. The second-order valence-corrected chi connectivity index (χ2v) is 9.55. The molecule has 0 aliphatic heterocycles. The standard InChI is InChI=1S/C34H26F2N4O5/c1-2-44-29-14-17-40(25-9-6-23(35)7-10-25)34(43)31(29)33(42)39-24-8-11-28(27(36)19-24)45-30(12-15-37)32-26(13-16-38-32)22-5-3-4-21(18-22)20-41/h3-20,37-38H,2H2,1H3,(H,39,42)/b30-12+,37-15?. The molecule has 226 valence electrons. The van der Waals surface area contributed by atoms with Crippen LogP contribution >= 0.6 is 0 Å². The molecule has 11 heteroatoms. The van der Waals surface area contributed by atoms with Crippen LogP contribution in [0.4, 0.5) is 14.5 Å². The highest BCUT2D eigenvalue weighted by atomic mass is 19.1. The van der Waals surface area contributed by atoms with E-state index in [0.29, 0.717) is 28.1 Å². The van der Waals surface area contributed by atoms with Crippen molar-refractivity contribution in [3.63, 3.8) is 0 Å². The highest BCUT2D eigenvalue weighted by molar-refractivity contribution is 6.06. The van der Waals surface area contributed by atoms with Crippen LogP contribution < -0.4 is 20.3 Å². The van der Waals surface area contributed by atoms with Gasteiger partial charge in [-0.3, -0.25) is 19.0 Å². The van der Waals surface area contributed by atoms with Crippen LogP contribution in [0.1, 0.15) is 33.3 Å². The lowest BCUT2D eigenvalue weighted by Crippen LogP contribution is -2.29. The smallest absolute Gasteiger partial charge is 0.271 e. The van der Waals surface area contributed by atoms with Gasteiger partial charge in [-0.05, 0) is 67.1 Å². The Kier molecular flexibility index (Phi) is 9.09. The molecule has 2 aromatic heterocycles. The van der Waals surface area contributed by atoms with Gasteiger partial charge in [-0.1, -0.05) is 18.2 Å². The Hall–Kier alpha value is -6.10. The first kappa shape index (κ1) is 30.4. The Bertz CT molecular complexity index is 1980. The molecule has 45 heavy (non-hydrogen) atoms. The molecule has 3 aromatic carbocycles. The van der Waals surface area contributed by atoms with Crippen LogP contribution in [-0.4, -0.2) is 34.6 Å². The number of carbonyl (C=O) groups is 2. The minimum absolute atomic E-state index is 0.0284. The summed E-state index contributed by atoms with van der Waals surface area (Å²) in [6, 6.07) is 19.0. The number of hydrogen-bond donors (Lipinski definition) is 3. The Labute approximate surface area is 255 Å². The van der Waals surface area contributed by atoms with Crippen molar-refractivity contribution < 1.29 is 27.8 Å². The number of hydrogen-bond acceptors (Lipinski definition) is 6. The molecule has 0 aliphatic carbocycles. The van der Waals surface area contributed by atoms with Gasteiger partial charge in [-0.2, -0.15) is 0 Å². The summed E-state index contributed by atoms with van der Waals surface area (Å²) in [5, 5.41) is 10.1. The number of allylic oxidation sites excluding steroid dienone is 1. The Balaban J connectivity index is 1.41. The lowest BCUT2D eigenvalue weighted by Gasteiger charge is -2.15. The van der Waals surface area contributed by atoms with Crippen molar-refractivity contribution >= 4 is 29.9 Å². The predicted octanol–water partition coefficient (Wildman–Crippen LogP) is 6.64. The Morgan fingerprint density at radius 1 is 1.02 bits per heavy atom. The first-order valence-corrected chi connectivity index (χ1v) is 13.7. The van der Waals surface area contributed by atoms with E-state index in [2.05, 4.69) is 10.3 Å². The molecule has 2 heterocycles.